The van der Waals surface area contributed by atoms with Crippen LogP contribution in [-0.4, -0.2) is 21.3 Å². The van der Waals surface area contributed by atoms with Gasteiger partial charge in [0, 0.05) is 22.6 Å². The fourth-order valence-corrected chi connectivity index (χ4v) is 3.23. The molecule has 0 spiro atoms. The Morgan fingerprint density at radius 3 is 2.76 bits per heavy atom. The SMILES string of the molecule is Cc1ccc(-c2cc(NC(=O)c3cc(-c4ccccc4)no3)n[nH]2)s1. The van der Waals surface area contributed by atoms with Crippen LogP contribution in [-0.2, 0) is 0 Å². The second-order valence-electron chi connectivity index (χ2n) is 5.47. The fraction of sp³-hybridized carbons (Fsp3) is 0.0556. The van der Waals surface area contributed by atoms with Gasteiger partial charge in [0.1, 0.15) is 5.69 Å². The summed E-state index contributed by atoms with van der Waals surface area (Å²) in [7, 11) is 0. The van der Waals surface area contributed by atoms with E-state index in [4.69, 9.17) is 4.52 Å². The zero-order chi connectivity index (χ0) is 17.2. The molecule has 7 heteroatoms. The minimum Gasteiger partial charge on any atom is -0.350 e. The lowest BCUT2D eigenvalue weighted by atomic mass is 10.1. The molecule has 3 heterocycles. The van der Waals surface area contributed by atoms with Crippen LogP contribution < -0.4 is 5.32 Å². The summed E-state index contributed by atoms with van der Waals surface area (Å²) < 4.78 is 5.15. The topological polar surface area (TPSA) is 83.8 Å². The number of aryl methyl sites for hydroxylation is 1. The highest BCUT2D eigenvalue weighted by atomic mass is 32.1. The van der Waals surface area contributed by atoms with Gasteiger partial charge in [-0.2, -0.15) is 5.10 Å². The number of benzene rings is 1. The van der Waals surface area contributed by atoms with Crippen molar-refractivity contribution in [3.8, 4) is 21.8 Å². The van der Waals surface area contributed by atoms with Crippen LogP contribution in [0.1, 0.15) is 15.4 Å². The Kier molecular flexibility index (Phi) is 3.91. The summed E-state index contributed by atoms with van der Waals surface area (Å²) in [5.74, 6) is 0.175. The Balaban J connectivity index is 1.49. The van der Waals surface area contributed by atoms with Crippen molar-refractivity contribution >= 4 is 23.1 Å². The van der Waals surface area contributed by atoms with Crippen LogP contribution in [0, 0.1) is 6.92 Å². The first-order valence-electron chi connectivity index (χ1n) is 7.65. The van der Waals surface area contributed by atoms with Crippen molar-refractivity contribution < 1.29 is 9.32 Å². The lowest BCUT2D eigenvalue weighted by Gasteiger charge is -1.95. The number of aromatic amines is 1. The molecule has 0 atom stereocenters. The number of aromatic nitrogens is 3. The molecule has 0 unspecified atom stereocenters. The van der Waals surface area contributed by atoms with E-state index in [2.05, 4.69) is 20.7 Å². The number of carbonyl (C=O) groups is 1. The third kappa shape index (κ3) is 3.22. The van der Waals surface area contributed by atoms with Crippen molar-refractivity contribution in [2.24, 2.45) is 0 Å². The van der Waals surface area contributed by atoms with Gasteiger partial charge in [0.05, 0.1) is 10.6 Å². The number of anilines is 1. The molecule has 3 aromatic heterocycles. The highest BCUT2D eigenvalue weighted by molar-refractivity contribution is 7.15. The number of rotatable bonds is 4. The van der Waals surface area contributed by atoms with Gasteiger partial charge in [0.25, 0.3) is 5.91 Å². The third-order valence-corrected chi connectivity index (χ3v) is 4.66. The zero-order valence-corrected chi connectivity index (χ0v) is 14.1. The van der Waals surface area contributed by atoms with E-state index in [1.165, 1.54) is 4.88 Å². The standard InChI is InChI=1S/C18H14N4O2S/c1-11-7-8-16(25-11)14-10-17(21-20-14)19-18(23)15-9-13(22-24-15)12-5-3-2-4-6-12/h2-10H,1H3,(H2,19,20,21,23). The average molecular weight is 350 g/mol. The number of thiophene rings is 1. The van der Waals surface area contributed by atoms with Gasteiger partial charge in [-0.05, 0) is 19.1 Å². The van der Waals surface area contributed by atoms with E-state index in [1.54, 1.807) is 23.5 Å². The number of carbonyl (C=O) groups excluding carboxylic acids is 1. The predicted octanol–water partition coefficient (Wildman–Crippen LogP) is 4.35. The maximum Gasteiger partial charge on any atom is 0.295 e. The van der Waals surface area contributed by atoms with Gasteiger partial charge >= 0.3 is 0 Å². The summed E-state index contributed by atoms with van der Waals surface area (Å²) in [5, 5.41) is 13.7. The molecule has 4 aromatic rings. The quantitative estimate of drug-likeness (QED) is 0.573. The van der Waals surface area contributed by atoms with Crippen LogP contribution in [0.4, 0.5) is 5.82 Å². The Morgan fingerprint density at radius 1 is 1.16 bits per heavy atom. The van der Waals surface area contributed by atoms with Crippen LogP contribution >= 0.6 is 11.3 Å². The van der Waals surface area contributed by atoms with E-state index in [-0.39, 0.29) is 5.76 Å². The number of nitrogens with zero attached hydrogens (tertiary/aromatic N) is 2. The Hall–Kier alpha value is -3.19. The predicted molar refractivity (Wildman–Crippen MR) is 96.5 cm³/mol. The van der Waals surface area contributed by atoms with Crippen LogP contribution in [0.15, 0.2) is 59.1 Å². The van der Waals surface area contributed by atoms with Crippen molar-refractivity contribution in [1.29, 1.82) is 0 Å². The first-order chi connectivity index (χ1) is 12.2. The third-order valence-electron chi connectivity index (χ3n) is 3.63. The molecular formula is C18H14N4O2S. The van der Waals surface area contributed by atoms with Crippen LogP contribution in [0.25, 0.3) is 21.8 Å². The van der Waals surface area contributed by atoms with E-state index in [1.807, 2.05) is 49.4 Å². The molecule has 0 radical (unpaired) electrons. The van der Waals surface area contributed by atoms with E-state index >= 15 is 0 Å². The summed E-state index contributed by atoms with van der Waals surface area (Å²) in [6.07, 6.45) is 0. The molecule has 6 nitrogen and oxygen atoms in total. The Labute approximate surface area is 147 Å². The molecule has 0 aliphatic carbocycles. The highest BCUT2D eigenvalue weighted by Crippen LogP contribution is 2.27. The molecule has 25 heavy (non-hydrogen) atoms. The van der Waals surface area contributed by atoms with Gasteiger partial charge in [0.15, 0.2) is 5.82 Å². The van der Waals surface area contributed by atoms with E-state index in [0.29, 0.717) is 11.5 Å². The molecule has 4 rings (SSSR count). The van der Waals surface area contributed by atoms with Gasteiger partial charge in [0.2, 0.25) is 5.76 Å². The Bertz CT molecular complexity index is 1020. The summed E-state index contributed by atoms with van der Waals surface area (Å²) >= 11 is 1.66. The molecule has 1 aromatic carbocycles. The Morgan fingerprint density at radius 2 is 2.00 bits per heavy atom. The maximum absolute atomic E-state index is 12.3. The van der Waals surface area contributed by atoms with Crippen LogP contribution in [0.2, 0.25) is 0 Å². The highest BCUT2D eigenvalue weighted by Gasteiger charge is 2.16. The normalized spacial score (nSPS) is 10.8. The summed E-state index contributed by atoms with van der Waals surface area (Å²) in [5.41, 5.74) is 2.36. The average Bonchev–Trinajstić information content (AvgIpc) is 3.35. The van der Waals surface area contributed by atoms with Crippen LogP contribution in [0.3, 0.4) is 0 Å². The minimum atomic E-state index is -0.393. The summed E-state index contributed by atoms with van der Waals surface area (Å²) in [6.45, 7) is 2.04. The van der Waals surface area contributed by atoms with Gasteiger partial charge in [-0.25, -0.2) is 0 Å². The number of nitrogens with one attached hydrogen (secondary N) is 2. The zero-order valence-electron chi connectivity index (χ0n) is 13.3. The maximum atomic E-state index is 12.3. The first kappa shape index (κ1) is 15.3. The first-order valence-corrected chi connectivity index (χ1v) is 8.46. The van der Waals surface area contributed by atoms with E-state index in [0.717, 1.165) is 16.1 Å². The second-order valence-corrected chi connectivity index (χ2v) is 6.76. The molecule has 0 aliphatic heterocycles. The molecule has 0 saturated heterocycles. The number of amides is 1. The number of H-pyrrole nitrogens is 1. The molecular weight excluding hydrogens is 336 g/mol. The number of hydrogen-bond donors (Lipinski definition) is 2. The molecule has 124 valence electrons. The van der Waals surface area contributed by atoms with Crippen molar-refractivity contribution in [2.45, 2.75) is 6.92 Å². The van der Waals surface area contributed by atoms with Gasteiger partial charge in [-0.1, -0.05) is 35.5 Å². The largest absolute Gasteiger partial charge is 0.350 e. The van der Waals surface area contributed by atoms with Crippen molar-refractivity contribution in [1.82, 2.24) is 15.4 Å². The molecule has 0 saturated carbocycles. The fourth-order valence-electron chi connectivity index (χ4n) is 2.40. The lowest BCUT2D eigenvalue weighted by molar-refractivity contribution is 0.0987. The monoisotopic (exact) mass is 350 g/mol. The minimum absolute atomic E-state index is 0.135. The second kappa shape index (κ2) is 6.37. The van der Waals surface area contributed by atoms with Crippen molar-refractivity contribution in [3.05, 3.63) is 65.2 Å². The number of hydrogen-bond acceptors (Lipinski definition) is 5. The van der Waals surface area contributed by atoms with Crippen molar-refractivity contribution in [2.75, 3.05) is 5.32 Å². The molecule has 2 N–H and O–H groups in total. The van der Waals surface area contributed by atoms with Crippen molar-refractivity contribution in [3.63, 3.8) is 0 Å². The van der Waals surface area contributed by atoms with Gasteiger partial charge in [-0.15, -0.1) is 11.3 Å². The molecule has 0 fully saturated rings. The van der Waals surface area contributed by atoms with Crippen LogP contribution in [0.5, 0.6) is 0 Å². The van der Waals surface area contributed by atoms with Gasteiger partial charge in [-0.3, -0.25) is 9.89 Å². The smallest absolute Gasteiger partial charge is 0.295 e. The summed E-state index contributed by atoms with van der Waals surface area (Å²) in [4.78, 5) is 14.6. The molecule has 1 amide bonds. The molecule has 0 bridgehead atoms. The summed E-state index contributed by atoms with van der Waals surface area (Å²) in [6, 6.07) is 17.0. The molecule has 0 aliphatic rings. The van der Waals surface area contributed by atoms with E-state index < -0.39 is 5.91 Å². The lowest BCUT2D eigenvalue weighted by Crippen LogP contribution is -2.11. The van der Waals surface area contributed by atoms with Gasteiger partial charge < -0.3 is 9.84 Å². The van der Waals surface area contributed by atoms with E-state index in [9.17, 15) is 4.79 Å².